The fraction of sp³-hybridized carbons (Fsp3) is 0.667. The molecule has 0 atom stereocenters. The van der Waals surface area contributed by atoms with Gasteiger partial charge in [-0.2, -0.15) is 0 Å². The van der Waals surface area contributed by atoms with Gasteiger partial charge in [-0.05, 0) is 39.5 Å². The lowest BCUT2D eigenvalue weighted by Gasteiger charge is -2.30. The zero-order valence-corrected chi connectivity index (χ0v) is 13.8. The number of amides is 2. The SMILES string of the molecule is CCN(CC)C(=O)NC1CCC(Oc2ncc(Cl)cn2)CC1. The molecule has 7 heteroatoms. The Balaban J connectivity index is 1.75. The Kier molecular flexibility index (Phi) is 6.24. The van der Waals surface area contributed by atoms with Gasteiger partial charge < -0.3 is 15.0 Å². The van der Waals surface area contributed by atoms with E-state index in [4.69, 9.17) is 16.3 Å². The molecule has 6 nitrogen and oxygen atoms in total. The van der Waals surface area contributed by atoms with E-state index in [1.54, 1.807) is 4.90 Å². The van der Waals surface area contributed by atoms with Crippen LogP contribution in [0.15, 0.2) is 12.4 Å². The van der Waals surface area contributed by atoms with E-state index < -0.39 is 0 Å². The highest BCUT2D eigenvalue weighted by atomic mass is 35.5. The zero-order valence-electron chi connectivity index (χ0n) is 13.1. The molecule has 2 rings (SSSR count). The molecule has 0 aromatic carbocycles. The fourth-order valence-corrected chi connectivity index (χ4v) is 2.71. The highest BCUT2D eigenvalue weighted by Gasteiger charge is 2.25. The first kappa shape index (κ1) is 16.8. The van der Waals surface area contributed by atoms with E-state index in [2.05, 4.69) is 15.3 Å². The van der Waals surface area contributed by atoms with E-state index in [9.17, 15) is 4.79 Å². The molecule has 0 saturated heterocycles. The van der Waals surface area contributed by atoms with Gasteiger partial charge in [-0.1, -0.05) is 11.6 Å². The molecule has 0 aliphatic heterocycles. The van der Waals surface area contributed by atoms with Crippen LogP contribution in [-0.2, 0) is 0 Å². The van der Waals surface area contributed by atoms with Crippen molar-refractivity contribution < 1.29 is 9.53 Å². The monoisotopic (exact) mass is 326 g/mol. The summed E-state index contributed by atoms with van der Waals surface area (Å²) >= 11 is 5.75. The van der Waals surface area contributed by atoms with Gasteiger partial charge >= 0.3 is 12.0 Å². The van der Waals surface area contributed by atoms with Crippen molar-refractivity contribution in [1.29, 1.82) is 0 Å². The van der Waals surface area contributed by atoms with Crippen molar-refractivity contribution in [2.45, 2.75) is 51.7 Å². The van der Waals surface area contributed by atoms with Crippen molar-refractivity contribution in [2.75, 3.05) is 13.1 Å². The number of rotatable bonds is 5. The third-order valence-corrected chi connectivity index (χ3v) is 4.12. The van der Waals surface area contributed by atoms with Crippen LogP contribution in [-0.4, -0.2) is 46.1 Å². The van der Waals surface area contributed by atoms with E-state index in [0.717, 1.165) is 38.8 Å². The summed E-state index contributed by atoms with van der Waals surface area (Å²) in [5.41, 5.74) is 0. The highest BCUT2D eigenvalue weighted by molar-refractivity contribution is 6.30. The van der Waals surface area contributed by atoms with Crippen molar-refractivity contribution in [1.82, 2.24) is 20.2 Å². The van der Waals surface area contributed by atoms with E-state index in [1.165, 1.54) is 12.4 Å². The van der Waals surface area contributed by atoms with Crippen molar-refractivity contribution in [3.8, 4) is 6.01 Å². The van der Waals surface area contributed by atoms with Gasteiger partial charge in [-0.15, -0.1) is 0 Å². The van der Waals surface area contributed by atoms with Gasteiger partial charge in [-0.3, -0.25) is 0 Å². The summed E-state index contributed by atoms with van der Waals surface area (Å²) in [6.45, 7) is 5.43. The standard InChI is InChI=1S/C15H23ClN4O2/c1-3-20(4-2)15(21)19-12-5-7-13(8-6-12)22-14-17-9-11(16)10-18-14/h9-10,12-13H,3-8H2,1-2H3,(H,19,21). The van der Waals surface area contributed by atoms with Gasteiger partial charge in [0.1, 0.15) is 6.10 Å². The number of halogens is 1. The predicted molar refractivity (Wildman–Crippen MR) is 85.2 cm³/mol. The van der Waals surface area contributed by atoms with Crippen LogP contribution < -0.4 is 10.1 Å². The summed E-state index contributed by atoms with van der Waals surface area (Å²) < 4.78 is 5.75. The van der Waals surface area contributed by atoms with Crippen LogP contribution in [0, 0.1) is 0 Å². The Labute approximate surface area is 136 Å². The zero-order chi connectivity index (χ0) is 15.9. The lowest BCUT2D eigenvalue weighted by atomic mass is 9.93. The van der Waals surface area contributed by atoms with Gasteiger partial charge in [0, 0.05) is 19.1 Å². The second-order valence-electron chi connectivity index (χ2n) is 5.40. The Morgan fingerprint density at radius 3 is 2.41 bits per heavy atom. The Hall–Kier alpha value is -1.56. The third-order valence-electron chi connectivity index (χ3n) is 3.92. The summed E-state index contributed by atoms with van der Waals surface area (Å²) in [6, 6.07) is 0.606. The van der Waals surface area contributed by atoms with Crippen molar-refractivity contribution in [3.63, 3.8) is 0 Å². The van der Waals surface area contributed by atoms with Crippen LogP contribution >= 0.6 is 11.6 Å². The van der Waals surface area contributed by atoms with Crippen LogP contribution in [0.1, 0.15) is 39.5 Å². The Bertz CT molecular complexity index is 471. The molecule has 2 amide bonds. The number of urea groups is 1. The van der Waals surface area contributed by atoms with Crippen molar-refractivity contribution in [2.24, 2.45) is 0 Å². The number of carbonyl (C=O) groups excluding carboxylic acids is 1. The molecule has 0 unspecified atom stereocenters. The quantitative estimate of drug-likeness (QED) is 0.903. The maximum atomic E-state index is 12.0. The van der Waals surface area contributed by atoms with Gasteiger partial charge in [0.15, 0.2) is 0 Å². The lowest BCUT2D eigenvalue weighted by molar-refractivity contribution is 0.126. The first-order chi connectivity index (χ1) is 10.6. The molecule has 22 heavy (non-hydrogen) atoms. The van der Waals surface area contributed by atoms with Gasteiger partial charge in [0.25, 0.3) is 0 Å². The summed E-state index contributed by atoms with van der Waals surface area (Å²) in [4.78, 5) is 21.9. The van der Waals surface area contributed by atoms with Crippen LogP contribution in [0.4, 0.5) is 4.79 Å². The van der Waals surface area contributed by atoms with E-state index >= 15 is 0 Å². The predicted octanol–water partition coefficient (Wildman–Crippen LogP) is 2.87. The minimum absolute atomic E-state index is 0.0235. The van der Waals surface area contributed by atoms with Gasteiger partial charge in [0.2, 0.25) is 0 Å². The average molecular weight is 327 g/mol. The molecule has 0 radical (unpaired) electrons. The first-order valence-electron chi connectivity index (χ1n) is 7.82. The molecular formula is C15H23ClN4O2. The van der Waals surface area contributed by atoms with E-state index in [0.29, 0.717) is 11.0 Å². The molecular weight excluding hydrogens is 304 g/mol. The minimum atomic E-state index is 0.0235. The molecule has 1 saturated carbocycles. The minimum Gasteiger partial charge on any atom is -0.460 e. The molecule has 0 spiro atoms. The molecule has 1 heterocycles. The number of hydrogen-bond donors (Lipinski definition) is 1. The Morgan fingerprint density at radius 1 is 1.27 bits per heavy atom. The van der Waals surface area contributed by atoms with E-state index in [1.807, 2.05) is 13.8 Å². The van der Waals surface area contributed by atoms with Crippen LogP contribution in [0.25, 0.3) is 0 Å². The highest BCUT2D eigenvalue weighted by Crippen LogP contribution is 2.22. The summed E-state index contributed by atoms with van der Waals surface area (Å²) in [5.74, 6) is 0. The van der Waals surface area contributed by atoms with Crippen LogP contribution in [0.3, 0.4) is 0 Å². The van der Waals surface area contributed by atoms with Gasteiger partial charge in [-0.25, -0.2) is 14.8 Å². The second-order valence-corrected chi connectivity index (χ2v) is 5.83. The van der Waals surface area contributed by atoms with E-state index in [-0.39, 0.29) is 18.2 Å². The number of carbonyl (C=O) groups is 1. The first-order valence-corrected chi connectivity index (χ1v) is 8.19. The molecule has 1 N–H and O–H groups in total. The number of aromatic nitrogens is 2. The molecule has 1 aromatic rings. The molecule has 1 aromatic heterocycles. The molecule has 1 aliphatic carbocycles. The number of ether oxygens (including phenoxy) is 1. The van der Waals surface area contributed by atoms with Gasteiger partial charge in [0.05, 0.1) is 17.4 Å². The van der Waals surface area contributed by atoms with Crippen LogP contribution in [0.5, 0.6) is 6.01 Å². The number of nitrogens with one attached hydrogen (secondary N) is 1. The normalized spacial score (nSPS) is 21.2. The fourth-order valence-electron chi connectivity index (χ4n) is 2.61. The summed E-state index contributed by atoms with van der Waals surface area (Å²) in [6.07, 6.45) is 6.74. The smallest absolute Gasteiger partial charge is 0.317 e. The third kappa shape index (κ3) is 4.73. The number of hydrogen-bond acceptors (Lipinski definition) is 4. The molecule has 1 fully saturated rings. The Morgan fingerprint density at radius 2 is 1.86 bits per heavy atom. The summed E-state index contributed by atoms with van der Waals surface area (Å²) in [5, 5.41) is 3.59. The lowest BCUT2D eigenvalue weighted by Crippen LogP contribution is -2.46. The molecule has 0 bridgehead atoms. The number of nitrogens with zero attached hydrogens (tertiary/aromatic N) is 3. The topological polar surface area (TPSA) is 67.4 Å². The van der Waals surface area contributed by atoms with Crippen molar-refractivity contribution >= 4 is 17.6 Å². The van der Waals surface area contributed by atoms with Crippen molar-refractivity contribution in [3.05, 3.63) is 17.4 Å². The molecule has 1 aliphatic rings. The average Bonchev–Trinajstić information content (AvgIpc) is 2.53. The maximum Gasteiger partial charge on any atom is 0.317 e. The summed E-state index contributed by atoms with van der Waals surface area (Å²) in [7, 11) is 0. The van der Waals surface area contributed by atoms with Crippen LogP contribution in [0.2, 0.25) is 5.02 Å². The second kappa shape index (κ2) is 8.17. The largest absolute Gasteiger partial charge is 0.460 e. The molecule has 122 valence electrons. The maximum absolute atomic E-state index is 12.0.